The van der Waals surface area contributed by atoms with Crippen molar-refractivity contribution in [3.05, 3.63) is 66.7 Å². The number of benzene rings is 2. The lowest BCUT2D eigenvalue weighted by molar-refractivity contribution is 0.934. The van der Waals surface area contributed by atoms with E-state index in [2.05, 4.69) is 56.7 Å². The van der Waals surface area contributed by atoms with Gasteiger partial charge in [0, 0.05) is 14.7 Å². The summed E-state index contributed by atoms with van der Waals surface area (Å²) < 4.78 is 1.19. The van der Waals surface area contributed by atoms with Crippen molar-refractivity contribution in [2.75, 3.05) is 6.54 Å². The summed E-state index contributed by atoms with van der Waals surface area (Å²) in [5.41, 5.74) is 4.28. The molecule has 2 aromatic rings. The topological polar surface area (TPSA) is 12.4 Å². The van der Waals surface area contributed by atoms with Crippen molar-refractivity contribution in [3.8, 4) is 0 Å². The molecule has 0 saturated carbocycles. The van der Waals surface area contributed by atoms with Gasteiger partial charge >= 0.3 is 0 Å². The van der Waals surface area contributed by atoms with Gasteiger partial charge in [0.05, 0.1) is 27.1 Å². The first-order chi connectivity index (χ1) is 9.56. The first kappa shape index (κ1) is 14.8. The van der Waals surface area contributed by atoms with Crippen LogP contribution in [0.4, 0.5) is 0 Å². The first-order valence-electron chi connectivity index (χ1n) is 6.00. The second kappa shape index (κ2) is 5.95. The summed E-state index contributed by atoms with van der Waals surface area (Å²) in [6.07, 6.45) is 0. The Morgan fingerprint density at radius 3 is 2.65 bits per heavy atom. The van der Waals surface area contributed by atoms with E-state index < -0.39 is 0 Å². The molecule has 102 valence electrons. The van der Waals surface area contributed by atoms with Crippen LogP contribution < -0.4 is 0 Å². The highest BCUT2D eigenvalue weighted by Gasteiger charge is 2.23. The average molecular weight is 481 g/mol. The van der Waals surface area contributed by atoms with Gasteiger partial charge < -0.3 is 0 Å². The molecule has 0 aromatic heterocycles. The van der Waals surface area contributed by atoms with E-state index in [1.54, 1.807) is 0 Å². The highest BCUT2D eigenvalue weighted by Crippen LogP contribution is 2.37. The van der Waals surface area contributed by atoms with Gasteiger partial charge in [0.15, 0.2) is 0 Å². The molecule has 2 aromatic carbocycles. The number of alkyl halides is 1. The molecule has 0 fully saturated rings. The van der Waals surface area contributed by atoms with Crippen LogP contribution in [0.2, 0.25) is 10.0 Å². The van der Waals surface area contributed by atoms with Crippen molar-refractivity contribution in [1.82, 2.24) is 0 Å². The van der Waals surface area contributed by atoms with Gasteiger partial charge in [0.1, 0.15) is 0 Å². The second-order valence-corrected chi connectivity index (χ2v) is 7.69. The van der Waals surface area contributed by atoms with Gasteiger partial charge in [-0.05, 0) is 52.4 Å². The van der Waals surface area contributed by atoms with Crippen LogP contribution in [0.1, 0.15) is 21.5 Å². The Morgan fingerprint density at radius 1 is 1.15 bits per heavy atom. The van der Waals surface area contributed by atoms with E-state index in [9.17, 15) is 0 Å². The molecule has 0 amide bonds. The molecule has 0 aliphatic carbocycles. The fourth-order valence-corrected chi connectivity index (χ4v) is 3.67. The number of hydrogen-bond donors (Lipinski definition) is 0. The van der Waals surface area contributed by atoms with Crippen LogP contribution >= 0.6 is 61.7 Å². The van der Waals surface area contributed by atoms with Gasteiger partial charge in [-0.15, -0.1) is 0 Å². The van der Waals surface area contributed by atoms with Crippen molar-refractivity contribution in [2.45, 2.75) is 4.83 Å². The van der Waals surface area contributed by atoms with Gasteiger partial charge in [-0.25, -0.2) is 0 Å². The molecule has 1 aliphatic rings. The quantitative estimate of drug-likeness (QED) is 0.357. The van der Waals surface area contributed by atoms with Crippen LogP contribution in [-0.2, 0) is 0 Å². The molecule has 0 N–H and O–H groups in total. The molecular formula is C15H9BrCl2IN. The van der Waals surface area contributed by atoms with Crippen LogP contribution in [0.3, 0.4) is 0 Å². The van der Waals surface area contributed by atoms with Crippen LogP contribution in [0.15, 0.2) is 41.4 Å². The summed E-state index contributed by atoms with van der Waals surface area (Å²) in [5.74, 6) is 0. The third-order valence-electron chi connectivity index (χ3n) is 3.19. The fraction of sp³-hybridized carbons (Fsp3) is 0.133. The van der Waals surface area contributed by atoms with Crippen LogP contribution in [0, 0.1) is 3.57 Å². The van der Waals surface area contributed by atoms with E-state index in [1.807, 2.05) is 18.2 Å². The van der Waals surface area contributed by atoms with E-state index in [1.165, 1.54) is 3.57 Å². The minimum atomic E-state index is 0.179. The Balaban J connectivity index is 2.19. The predicted molar refractivity (Wildman–Crippen MR) is 97.8 cm³/mol. The molecule has 3 rings (SSSR count). The normalized spacial score (nSPS) is 17.6. The van der Waals surface area contributed by atoms with E-state index in [-0.39, 0.29) is 4.83 Å². The molecule has 1 atom stereocenters. The fourth-order valence-electron chi connectivity index (χ4n) is 2.26. The lowest BCUT2D eigenvalue weighted by Gasteiger charge is -2.22. The second-order valence-electron chi connectivity index (χ2n) is 4.52. The van der Waals surface area contributed by atoms with Crippen molar-refractivity contribution in [2.24, 2.45) is 4.99 Å². The number of rotatable bonds is 1. The van der Waals surface area contributed by atoms with Gasteiger partial charge in [-0.3, -0.25) is 4.99 Å². The largest absolute Gasteiger partial charge is 0.283 e. The van der Waals surface area contributed by atoms with Crippen molar-refractivity contribution >= 4 is 67.4 Å². The maximum Gasteiger partial charge on any atom is 0.0723 e. The Labute approximate surface area is 149 Å². The summed E-state index contributed by atoms with van der Waals surface area (Å²) in [6, 6.07) is 12.1. The Bertz CT molecular complexity index is 715. The molecule has 1 unspecified atom stereocenters. The third-order valence-corrected chi connectivity index (χ3v) is 5.37. The minimum absolute atomic E-state index is 0.179. The summed E-state index contributed by atoms with van der Waals surface area (Å²) in [5, 5.41) is 1.14. The van der Waals surface area contributed by atoms with E-state index in [4.69, 9.17) is 28.2 Å². The van der Waals surface area contributed by atoms with Gasteiger partial charge in [0.25, 0.3) is 0 Å². The monoisotopic (exact) mass is 479 g/mol. The highest BCUT2D eigenvalue weighted by atomic mass is 127. The Hall–Kier alpha value is -0.100. The first-order valence-corrected chi connectivity index (χ1v) is 8.75. The van der Waals surface area contributed by atoms with E-state index >= 15 is 0 Å². The molecule has 5 heteroatoms. The molecule has 1 nitrogen and oxygen atoms in total. The van der Waals surface area contributed by atoms with Crippen molar-refractivity contribution in [3.63, 3.8) is 0 Å². The Morgan fingerprint density at radius 2 is 1.90 bits per heavy atom. The summed E-state index contributed by atoms with van der Waals surface area (Å²) in [7, 11) is 0. The standard InChI is InChI=1S/C15H9BrCl2IN/c16-12-7-20-15(8-2-1-3-9(19)4-8)11-6-14(18)13(17)5-10(11)12/h1-6,12H,7H2. The number of hydrogen-bond acceptors (Lipinski definition) is 1. The zero-order valence-electron chi connectivity index (χ0n) is 10.2. The van der Waals surface area contributed by atoms with Crippen LogP contribution in [0.25, 0.3) is 0 Å². The van der Waals surface area contributed by atoms with E-state index in [0.29, 0.717) is 16.6 Å². The molecular weight excluding hydrogens is 472 g/mol. The molecule has 0 bridgehead atoms. The molecule has 0 saturated heterocycles. The van der Waals surface area contributed by atoms with Gasteiger partial charge in [-0.2, -0.15) is 0 Å². The summed E-state index contributed by atoms with van der Waals surface area (Å²) in [4.78, 5) is 4.88. The zero-order chi connectivity index (χ0) is 14.3. The van der Waals surface area contributed by atoms with Gasteiger partial charge in [0.2, 0.25) is 0 Å². The predicted octanol–water partition coefficient (Wildman–Crippen LogP) is 5.89. The van der Waals surface area contributed by atoms with E-state index in [0.717, 1.165) is 22.4 Å². The number of fused-ring (bicyclic) bond motifs is 1. The zero-order valence-corrected chi connectivity index (χ0v) is 15.5. The lowest BCUT2D eigenvalue weighted by Crippen LogP contribution is -2.16. The number of aliphatic imine (C=N–C) groups is 1. The molecule has 0 radical (unpaired) electrons. The van der Waals surface area contributed by atoms with Crippen LogP contribution in [-0.4, -0.2) is 12.3 Å². The maximum absolute atomic E-state index is 6.17. The number of nitrogens with zero attached hydrogens (tertiary/aromatic N) is 1. The SMILES string of the molecule is Clc1cc2c(cc1Cl)C(Br)CN=C2c1cccc(I)c1. The summed E-state index contributed by atoms with van der Waals surface area (Å²) >= 11 is 18.3. The molecule has 1 heterocycles. The smallest absolute Gasteiger partial charge is 0.0723 e. The molecule has 20 heavy (non-hydrogen) atoms. The van der Waals surface area contributed by atoms with Crippen molar-refractivity contribution in [1.29, 1.82) is 0 Å². The highest BCUT2D eigenvalue weighted by molar-refractivity contribution is 14.1. The summed E-state index contributed by atoms with van der Waals surface area (Å²) in [6.45, 7) is 0.700. The average Bonchev–Trinajstić information content (AvgIpc) is 2.41. The van der Waals surface area contributed by atoms with Crippen molar-refractivity contribution < 1.29 is 0 Å². The molecule has 0 spiro atoms. The number of halogens is 4. The van der Waals surface area contributed by atoms with Gasteiger partial charge in [-0.1, -0.05) is 51.3 Å². The minimum Gasteiger partial charge on any atom is -0.283 e. The maximum atomic E-state index is 6.17. The van der Waals surface area contributed by atoms with Crippen LogP contribution in [0.5, 0.6) is 0 Å². The Kier molecular flexibility index (Phi) is 4.41. The lowest BCUT2D eigenvalue weighted by atomic mass is 9.93. The molecule has 1 aliphatic heterocycles. The third kappa shape index (κ3) is 2.78.